The third-order valence-corrected chi connectivity index (χ3v) is 8.15. The largest absolute Gasteiger partial charge is 0.431 e. The van der Waals surface area contributed by atoms with Crippen LogP contribution in [0.3, 0.4) is 0 Å². The SMILES string of the molecule is CS[C@H](N1C(=O)OC(c2ccccc2)(c2ccccc2)[C@@H]1C(C)C)[C@@](O)(CC(C)C)c1ccccc1. The van der Waals surface area contributed by atoms with Gasteiger partial charge in [0.15, 0.2) is 5.60 Å². The molecule has 3 aromatic rings. The van der Waals surface area contributed by atoms with Crippen LogP contribution in [0.5, 0.6) is 0 Å². The minimum Gasteiger partial charge on any atom is -0.431 e. The van der Waals surface area contributed by atoms with Gasteiger partial charge in [-0.25, -0.2) is 4.79 Å². The summed E-state index contributed by atoms with van der Waals surface area (Å²) in [6.07, 6.45) is 2.08. The Hall–Kier alpha value is -2.76. The van der Waals surface area contributed by atoms with Gasteiger partial charge in [-0.1, -0.05) is 119 Å². The lowest BCUT2D eigenvalue weighted by Crippen LogP contribution is -2.56. The van der Waals surface area contributed by atoms with E-state index >= 15 is 0 Å². The first-order valence-corrected chi connectivity index (χ1v) is 14.0. The van der Waals surface area contributed by atoms with Crippen molar-refractivity contribution in [3.05, 3.63) is 108 Å². The highest BCUT2D eigenvalue weighted by atomic mass is 32.2. The van der Waals surface area contributed by atoms with Crippen LogP contribution in [0.25, 0.3) is 0 Å². The van der Waals surface area contributed by atoms with Crippen molar-refractivity contribution < 1.29 is 14.6 Å². The number of hydrogen-bond acceptors (Lipinski definition) is 4. The molecule has 0 spiro atoms. The number of aliphatic hydroxyl groups is 1. The predicted octanol–water partition coefficient (Wildman–Crippen LogP) is 7.03. The molecule has 0 aliphatic carbocycles. The summed E-state index contributed by atoms with van der Waals surface area (Å²) in [7, 11) is 0. The number of amides is 1. The fraction of sp³-hybridized carbons (Fsp3) is 0.387. The van der Waals surface area contributed by atoms with Crippen LogP contribution in [-0.4, -0.2) is 33.8 Å². The summed E-state index contributed by atoms with van der Waals surface area (Å²) in [6.45, 7) is 8.46. The van der Waals surface area contributed by atoms with Gasteiger partial charge in [0.2, 0.25) is 0 Å². The van der Waals surface area contributed by atoms with Gasteiger partial charge in [-0.15, -0.1) is 11.8 Å². The van der Waals surface area contributed by atoms with Crippen molar-refractivity contribution in [3.8, 4) is 0 Å². The van der Waals surface area contributed by atoms with Crippen molar-refractivity contribution in [2.75, 3.05) is 6.26 Å². The molecule has 1 aliphatic heterocycles. The van der Waals surface area contributed by atoms with E-state index < -0.39 is 22.7 Å². The zero-order chi connectivity index (χ0) is 25.9. The van der Waals surface area contributed by atoms with Crippen molar-refractivity contribution in [2.24, 2.45) is 11.8 Å². The van der Waals surface area contributed by atoms with Gasteiger partial charge in [0, 0.05) is 11.1 Å². The maximum Gasteiger partial charge on any atom is 0.412 e. The highest BCUT2D eigenvalue weighted by molar-refractivity contribution is 7.99. The molecule has 1 saturated heterocycles. The summed E-state index contributed by atoms with van der Waals surface area (Å²) in [5.74, 6) is 0.263. The van der Waals surface area contributed by atoms with Gasteiger partial charge in [-0.05, 0) is 30.1 Å². The number of carbonyl (C=O) groups is 1. The molecule has 1 fully saturated rings. The highest BCUT2D eigenvalue weighted by Gasteiger charge is 2.61. The summed E-state index contributed by atoms with van der Waals surface area (Å²) in [4.78, 5) is 15.8. The van der Waals surface area contributed by atoms with Crippen molar-refractivity contribution >= 4 is 17.9 Å². The number of thioether (sulfide) groups is 1. The third kappa shape index (κ3) is 4.55. The lowest BCUT2D eigenvalue weighted by atomic mass is 9.75. The molecule has 36 heavy (non-hydrogen) atoms. The Bertz CT molecular complexity index is 1100. The van der Waals surface area contributed by atoms with E-state index in [0.29, 0.717) is 6.42 Å². The van der Waals surface area contributed by atoms with Crippen LogP contribution < -0.4 is 0 Å². The maximum atomic E-state index is 14.0. The molecule has 3 aromatic carbocycles. The van der Waals surface area contributed by atoms with Crippen LogP contribution in [0.15, 0.2) is 91.0 Å². The Balaban J connectivity index is 1.94. The quantitative estimate of drug-likeness (QED) is 0.341. The van der Waals surface area contributed by atoms with Gasteiger partial charge >= 0.3 is 6.09 Å². The summed E-state index contributed by atoms with van der Waals surface area (Å²) in [6, 6.07) is 29.4. The summed E-state index contributed by atoms with van der Waals surface area (Å²) in [5, 5.41) is 11.9. The Kier molecular flexibility index (Phi) is 7.82. The zero-order valence-electron chi connectivity index (χ0n) is 21.8. The second-order valence-electron chi connectivity index (χ2n) is 10.4. The lowest BCUT2D eigenvalue weighted by Gasteiger charge is -2.45. The highest BCUT2D eigenvalue weighted by Crippen LogP contribution is 2.51. The van der Waals surface area contributed by atoms with E-state index in [2.05, 4.69) is 27.7 Å². The van der Waals surface area contributed by atoms with Gasteiger partial charge in [0.25, 0.3) is 0 Å². The summed E-state index contributed by atoms with van der Waals surface area (Å²) in [5.41, 5.74) is 0.405. The molecule has 4 nitrogen and oxygen atoms in total. The number of rotatable bonds is 9. The van der Waals surface area contributed by atoms with Crippen LogP contribution in [0.1, 0.15) is 50.8 Å². The normalized spacial score (nSPS) is 19.8. The zero-order valence-corrected chi connectivity index (χ0v) is 22.6. The second kappa shape index (κ2) is 10.7. The van der Waals surface area contributed by atoms with E-state index in [1.807, 2.05) is 102 Å². The number of ether oxygens (including phenoxy) is 1. The lowest BCUT2D eigenvalue weighted by molar-refractivity contribution is -0.0341. The number of nitrogens with zero attached hydrogens (tertiary/aromatic N) is 1. The second-order valence-corrected chi connectivity index (χ2v) is 11.3. The van der Waals surface area contributed by atoms with E-state index in [9.17, 15) is 9.90 Å². The topological polar surface area (TPSA) is 49.8 Å². The first kappa shape index (κ1) is 26.3. The molecule has 0 radical (unpaired) electrons. The Morgan fingerprint density at radius 1 is 0.889 bits per heavy atom. The molecule has 3 atom stereocenters. The standard InChI is InChI=1S/C31H37NO3S/c1-22(2)21-30(34,24-15-9-6-10-16-24)28(36-5)32-27(23(3)4)31(35-29(32)33,25-17-11-7-12-18-25)26-19-13-8-14-20-26/h6-20,22-23,27-28,34H,21H2,1-5H3/t27-,28-,30+/m0/s1. The molecule has 0 bridgehead atoms. The van der Waals surface area contributed by atoms with E-state index in [-0.39, 0.29) is 17.9 Å². The average Bonchev–Trinajstić information content (AvgIpc) is 3.19. The third-order valence-electron chi connectivity index (χ3n) is 7.09. The molecule has 0 saturated carbocycles. The van der Waals surface area contributed by atoms with Crippen molar-refractivity contribution in [3.63, 3.8) is 0 Å². The first-order valence-electron chi connectivity index (χ1n) is 12.7. The first-order chi connectivity index (χ1) is 17.3. The van der Waals surface area contributed by atoms with Crippen LogP contribution in [0, 0.1) is 11.8 Å². The van der Waals surface area contributed by atoms with Crippen molar-refractivity contribution in [2.45, 2.75) is 56.7 Å². The molecular formula is C31H37NO3S. The van der Waals surface area contributed by atoms with E-state index in [1.54, 1.807) is 0 Å². The molecule has 1 amide bonds. The summed E-state index contributed by atoms with van der Waals surface area (Å²) < 4.78 is 6.49. The molecule has 5 heteroatoms. The summed E-state index contributed by atoms with van der Waals surface area (Å²) >= 11 is 1.50. The molecule has 1 aliphatic rings. The van der Waals surface area contributed by atoms with Crippen LogP contribution in [0.4, 0.5) is 4.79 Å². The van der Waals surface area contributed by atoms with Crippen molar-refractivity contribution in [1.29, 1.82) is 0 Å². The van der Waals surface area contributed by atoms with E-state index in [1.165, 1.54) is 11.8 Å². The number of carbonyl (C=O) groups excluding carboxylic acids is 1. The molecule has 4 rings (SSSR count). The number of benzene rings is 3. The maximum absolute atomic E-state index is 14.0. The predicted molar refractivity (Wildman–Crippen MR) is 148 cm³/mol. The molecule has 0 aromatic heterocycles. The number of cyclic esters (lactones) is 1. The van der Waals surface area contributed by atoms with Gasteiger partial charge in [-0.3, -0.25) is 4.90 Å². The van der Waals surface area contributed by atoms with Crippen LogP contribution >= 0.6 is 11.8 Å². The fourth-order valence-corrected chi connectivity index (χ4v) is 6.91. The van der Waals surface area contributed by atoms with Crippen molar-refractivity contribution in [1.82, 2.24) is 4.90 Å². The fourth-order valence-electron chi connectivity index (χ4n) is 5.84. The smallest absolute Gasteiger partial charge is 0.412 e. The molecule has 1 heterocycles. The minimum absolute atomic E-state index is 0.0468. The monoisotopic (exact) mass is 503 g/mol. The van der Waals surface area contributed by atoms with Gasteiger partial charge in [-0.2, -0.15) is 0 Å². The average molecular weight is 504 g/mol. The molecular weight excluding hydrogens is 466 g/mol. The van der Waals surface area contributed by atoms with E-state index in [4.69, 9.17) is 4.74 Å². The molecule has 0 unspecified atom stereocenters. The Morgan fingerprint density at radius 3 is 1.78 bits per heavy atom. The van der Waals surface area contributed by atoms with E-state index in [0.717, 1.165) is 16.7 Å². The van der Waals surface area contributed by atoms with Gasteiger partial charge in [0.1, 0.15) is 11.0 Å². The van der Waals surface area contributed by atoms with Gasteiger partial charge in [0.05, 0.1) is 6.04 Å². The number of hydrogen-bond donors (Lipinski definition) is 1. The Labute approximate surface area is 219 Å². The van der Waals surface area contributed by atoms with Crippen LogP contribution in [0.2, 0.25) is 0 Å². The molecule has 190 valence electrons. The minimum atomic E-state index is -1.26. The van der Waals surface area contributed by atoms with Crippen LogP contribution in [-0.2, 0) is 15.9 Å². The Morgan fingerprint density at radius 2 is 1.36 bits per heavy atom. The molecule has 1 N–H and O–H groups in total. The van der Waals surface area contributed by atoms with Gasteiger partial charge < -0.3 is 9.84 Å².